The summed E-state index contributed by atoms with van der Waals surface area (Å²) in [5.74, 6) is -1.26. The van der Waals surface area contributed by atoms with E-state index in [-0.39, 0.29) is 77.1 Å². The third-order valence-corrected chi connectivity index (χ3v) is 8.68. The number of benzene rings is 2. The molecule has 2 aromatic heterocycles. The molecule has 4 heterocycles. The van der Waals surface area contributed by atoms with E-state index in [1.165, 1.54) is 23.2 Å². The van der Waals surface area contributed by atoms with Crippen LogP contribution in [0.3, 0.4) is 0 Å². The monoisotopic (exact) mass is 625 g/mol. The first-order valence-corrected chi connectivity index (χ1v) is 14.4. The van der Waals surface area contributed by atoms with Crippen molar-refractivity contribution in [3.8, 4) is 23.3 Å². The van der Waals surface area contributed by atoms with E-state index in [2.05, 4.69) is 15.0 Å². The average molecular weight is 626 g/mol. The van der Waals surface area contributed by atoms with Crippen LogP contribution in [0.2, 0.25) is 5.02 Å². The van der Waals surface area contributed by atoms with Crippen LogP contribution in [0.25, 0.3) is 32.9 Å². The fraction of sp³-hybridized carbons (Fsp3) is 0.367. The molecule has 2 fully saturated rings. The van der Waals surface area contributed by atoms with Crippen molar-refractivity contribution in [2.75, 3.05) is 44.7 Å². The number of fused-ring (bicyclic) bond motifs is 2. The summed E-state index contributed by atoms with van der Waals surface area (Å²) in [7, 11) is 1.79. The Morgan fingerprint density at radius 1 is 1.20 bits per heavy atom. The van der Waals surface area contributed by atoms with Gasteiger partial charge in [-0.25, -0.2) is 18.0 Å². The fourth-order valence-corrected chi connectivity index (χ4v) is 6.23. The molecule has 14 heteroatoms. The molecule has 2 aliphatic rings. The van der Waals surface area contributed by atoms with Gasteiger partial charge in [0.25, 0.3) is 0 Å². The van der Waals surface area contributed by atoms with Crippen molar-refractivity contribution in [1.82, 2.24) is 24.8 Å². The van der Waals surface area contributed by atoms with E-state index in [4.69, 9.17) is 16.3 Å². The molecule has 0 bridgehead atoms. The lowest BCUT2D eigenvalue weighted by Gasteiger charge is -2.39. The third kappa shape index (κ3) is 5.28. The van der Waals surface area contributed by atoms with Crippen molar-refractivity contribution < 1.29 is 27.8 Å². The molecule has 0 radical (unpaired) electrons. The number of pyridine rings is 1. The number of amides is 1. The molecule has 228 valence electrons. The molecule has 44 heavy (non-hydrogen) atoms. The Labute approximate surface area is 255 Å². The minimum Gasteiger partial charge on any atom is -0.465 e. The second-order valence-corrected chi connectivity index (χ2v) is 11.3. The van der Waals surface area contributed by atoms with Gasteiger partial charge in [0, 0.05) is 43.3 Å². The zero-order valence-corrected chi connectivity index (χ0v) is 24.3. The van der Waals surface area contributed by atoms with Crippen molar-refractivity contribution in [3.05, 3.63) is 53.2 Å². The van der Waals surface area contributed by atoms with Crippen LogP contribution in [0, 0.1) is 23.0 Å². The van der Waals surface area contributed by atoms with Gasteiger partial charge in [0.1, 0.15) is 35.6 Å². The number of nitriles is 1. The summed E-state index contributed by atoms with van der Waals surface area (Å²) < 4.78 is 51.4. The molecule has 0 saturated carbocycles. The molecule has 0 aliphatic carbocycles. The molecule has 2 aromatic carbocycles. The van der Waals surface area contributed by atoms with Gasteiger partial charge in [-0.05, 0) is 24.9 Å². The maximum atomic E-state index is 16.5. The molecule has 2 saturated heterocycles. The standard InChI is InChI=1S/C30H27ClF3N7O3/c1-39-10-8-20(32)22(39)15-44-29-37-27-19(28(38-29)40-11-12-41(30(42)43)17(14-40)7-9-35)13-36-26(25(27)34)18-4-2-3-16-5-6-21(33)24(31)23(16)18/h2-6,13,17,20,22H,7-8,10-12,14-15H2,1H3,(H,42,43)/t17?,20-,22-/m0/s1. The summed E-state index contributed by atoms with van der Waals surface area (Å²) in [6.45, 7) is 0.854. The number of likely N-dealkylation sites (N-methyl/N-ethyl adjacent to an activating group) is 1. The van der Waals surface area contributed by atoms with Crippen molar-refractivity contribution in [2.24, 2.45) is 0 Å². The van der Waals surface area contributed by atoms with E-state index in [1.807, 2.05) is 11.0 Å². The largest absolute Gasteiger partial charge is 0.465 e. The maximum absolute atomic E-state index is 16.5. The zero-order valence-electron chi connectivity index (χ0n) is 23.6. The number of halogens is 4. The Morgan fingerprint density at radius 3 is 2.75 bits per heavy atom. The highest BCUT2D eigenvalue weighted by molar-refractivity contribution is 6.36. The molecule has 1 N–H and O–H groups in total. The molecule has 3 atom stereocenters. The fourth-order valence-electron chi connectivity index (χ4n) is 5.95. The lowest BCUT2D eigenvalue weighted by atomic mass is 10.0. The smallest absolute Gasteiger partial charge is 0.407 e. The molecule has 6 rings (SSSR count). The molecule has 10 nitrogen and oxygen atoms in total. The topological polar surface area (TPSA) is 119 Å². The van der Waals surface area contributed by atoms with Crippen molar-refractivity contribution in [2.45, 2.75) is 31.1 Å². The van der Waals surface area contributed by atoms with E-state index in [1.54, 1.807) is 30.1 Å². The molecular weight excluding hydrogens is 599 g/mol. The minimum atomic E-state index is -1.15. The number of anilines is 1. The van der Waals surface area contributed by atoms with Gasteiger partial charge in [0.2, 0.25) is 0 Å². The number of carbonyl (C=O) groups is 1. The van der Waals surface area contributed by atoms with E-state index in [0.717, 1.165) is 0 Å². The number of hydrogen-bond acceptors (Lipinski definition) is 8. The van der Waals surface area contributed by atoms with Gasteiger partial charge in [-0.2, -0.15) is 15.2 Å². The average Bonchev–Trinajstić information content (AvgIpc) is 3.34. The second-order valence-electron chi connectivity index (χ2n) is 10.9. The van der Waals surface area contributed by atoms with E-state index in [9.17, 15) is 23.9 Å². The van der Waals surface area contributed by atoms with Crippen LogP contribution in [0.1, 0.15) is 12.8 Å². The molecule has 1 unspecified atom stereocenters. The summed E-state index contributed by atoms with van der Waals surface area (Å²) in [5.41, 5.74) is -0.0109. The molecule has 1 amide bonds. The van der Waals surface area contributed by atoms with E-state index in [0.29, 0.717) is 18.4 Å². The minimum absolute atomic E-state index is 0.0593. The number of hydrogen-bond donors (Lipinski definition) is 1. The van der Waals surface area contributed by atoms with E-state index >= 15 is 4.39 Å². The predicted molar refractivity (Wildman–Crippen MR) is 158 cm³/mol. The van der Waals surface area contributed by atoms with Gasteiger partial charge in [-0.1, -0.05) is 35.9 Å². The summed E-state index contributed by atoms with van der Waals surface area (Å²) in [6, 6.07) is 8.38. The highest BCUT2D eigenvalue weighted by Gasteiger charge is 2.34. The number of rotatable bonds is 6. The van der Waals surface area contributed by atoms with Crippen LogP contribution in [0.15, 0.2) is 36.5 Å². The summed E-state index contributed by atoms with van der Waals surface area (Å²) in [4.78, 5) is 29.9. The first kappa shape index (κ1) is 29.7. The van der Waals surface area contributed by atoms with Crippen LogP contribution < -0.4 is 9.64 Å². The Hall–Kier alpha value is -4.41. The second kappa shape index (κ2) is 11.9. The number of carboxylic acid groups (broad SMARTS) is 1. The third-order valence-electron chi connectivity index (χ3n) is 8.31. The normalized spacial score (nSPS) is 20.8. The van der Waals surface area contributed by atoms with Gasteiger partial charge in [0.05, 0.1) is 35.0 Å². The molecule has 0 spiro atoms. The Bertz CT molecular complexity index is 1800. The van der Waals surface area contributed by atoms with Gasteiger partial charge in [-0.3, -0.25) is 9.88 Å². The zero-order chi connectivity index (χ0) is 31.1. The lowest BCUT2D eigenvalue weighted by molar-refractivity contribution is 0.119. The Morgan fingerprint density at radius 2 is 2.02 bits per heavy atom. The quantitative estimate of drug-likeness (QED) is 0.305. The van der Waals surface area contributed by atoms with Gasteiger partial charge in [-0.15, -0.1) is 0 Å². The number of ether oxygens (including phenoxy) is 1. The Balaban J connectivity index is 1.48. The van der Waals surface area contributed by atoms with E-state index < -0.39 is 36.0 Å². The summed E-state index contributed by atoms with van der Waals surface area (Å²) in [6.07, 6.45) is -0.564. The summed E-state index contributed by atoms with van der Waals surface area (Å²) in [5, 5.41) is 19.9. The van der Waals surface area contributed by atoms with Crippen LogP contribution in [-0.2, 0) is 0 Å². The molecular formula is C30H27ClF3N7O3. The lowest BCUT2D eigenvalue weighted by Crippen LogP contribution is -2.55. The number of likely N-dealkylation sites (tertiary alicyclic amines) is 1. The van der Waals surface area contributed by atoms with Crippen LogP contribution >= 0.6 is 11.6 Å². The van der Waals surface area contributed by atoms with Crippen LogP contribution in [0.4, 0.5) is 23.8 Å². The number of alkyl halides is 1. The highest BCUT2D eigenvalue weighted by atomic mass is 35.5. The predicted octanol–water partition coefficient (Wildman–Crippen LogP) is 5.28. The first-order chi connectivity index (χ1) is 21.2. The Kier molecular flexibility index (Phi) is 8.04. The van der Waals surface area contributed by atoms with Gasteiger partial charge in [0.15, 0.2) is 5.82 Å². The van der Waals surface area contributed by atoms with Crippen molar-refractivity contribution in [1.29, 1.82) is 5.26 Å². The van der Waals surface area contributed by atoms with Gasteiger partial charge >= 0.3 is 12.1 Å². The molecule has 4 aromatic rings. The van der Waals surface area contributed by atoms with Crippen molar-refractivity contribution in [3.63, 3.8) is 0 Å². The number of piperazine rings is 1. The summed E-state index contributed by atoms with van der Waals surface area (Å²) >= 11 is 6.32. The first-order valence-electron chi connectivity index (χ1n) is 14.0. The van der Waals surface area contributed by atoms with Crippen LogP contribution in [-0.4, -0.2) is 94.0 Å². The SMILES string of the molecule is CN1CC[C@H](F)[C@@H]1COc1nc(N2CCN(C(=O)O)C(CC#N)C2)c2cnc(-c3cccc4ccc(F)c(Cl)c34)c(F)c2n1. The molecule has 2 aliphatic heterocycles. The van der Waals surface area contributed by atoms with Crippen LogP contribution in [0.5, 0.6) is 6.01 Å². The van der Waals surface area contributed by atoms with Gasteiger partial charge < -0.3 is 19.6 Å². The maximum Gasteiger partial charge on any atom is 0.407 e. The number of nitrogens with zero attached hydrogens (tertiary/aromatic N) is 7. The van der Waals surface area contributed by atoms with Crippen molar-refractivity contribution >= 4 is 45.2 Å². The number of aromatic nitrogens is 3. The highest BCUT2D eigenvalue weighted by Crippen LogP contribution is 2.38.